The lowest BCUT2D eigenvalue weighted by molar-refractivity contribution is 0.489. The number of aromatic nitrogens is 3. The highest BCUT2D eigenvalue weighted by Crippen LogP contribution is 2.24. The van der Waals surface area contributed by atoms with Gasteiger partial charge in [0, 0.05) is 6.54 Å². The smallest absolute Gasteiger partial charge is 0.272 e. The quantitative estimate of drug-likeness (QED) is 0.406. The predicted octanol–water partition coefficient (Wildman–Crippen LogP) is 3.54. The fraction of sp³-hybridized carbons (Fsp3) is 0.267. The summed E-state index contributed by atoms with van der Waals surface area (Å²) in [5, 5.41) is 2.54. The monoisotopic (exact) mass is 333 g/mol. The molecule has 7 heteroatoms. The molecule has 0 saturated heterocycles. The largest absolute Gasteiger partial charge is 0.445 e. The fourth-order valence-electron chi connectivity index (χ4n) is 2.05. The number of rotatable bonds is 5. The summed E-state index contributed by atoms with van der Waals surface area (Å²) in [5.74, 6) is 2.00. The Labute approximate surface area is 135 Å². The van der Waals surface area contributed by atoms with Gasteiger partial charge in [0.05, 0.1) is 17.0 Å². The molecular weight excluding hydrogens is 318 g/mol. The van der Waals surface area contributed by atoms with E-state index in [-0.39, 0.29) is 5.56 Å². The van der Waals surface area contributed by atoms with Gasteiger partial charge >= 0.3 is 0 Å². The van der Waals surface area contributed by atoms with Crippen LogP contribution in [0.4, 0.5) is 0 Å². The lowest BCUT2D eigenvalue weighted by Gasteiger charge is -2.08. The van der Waals surface area contributed by atoms with Crippen molar-refractivity contribution < 1.29 is 4.42 Å². The molecule has 3 aromatic rings. The average Bonchev–Trinajstić information content (AvgIpc) is 3.08. The van der Waals surface area contributed by atoms with Gasteiger partial charge in [0.25, 0.3) is 5.56 Å². The minimum absolute atomic E-state index is 0.0258. The molecule has 22 heavy (non-hydrogen) atoms. The molecule has 5 nitrogen and oxygen atoms in total. The molecule has 114 valence electrons. The van der Waals surface area contributed by atoms with E-state index in [1.165, 1.54) is 23.1 Å². The maximum atomic E-state index is 12.5. The van der Waals surface area contributed by atoms with E-state index in [0.29, 0.717) is 28.0 Å². The molecule has 0 aliphatic carbocycles. The Morgan fingerprint density at radius 1 is 1.45 bits per heavy atom. The average molecular weight is 333 g/mol. The number of aryl methyl sites for hydroxylation is 2. The molecule has 0 aliphatic heterocycles. The van der Waals surface area contributed by atoms with E-state index in [2.05, 4.69) is 16.5 Å². The summed E-state index contributed by atoms with van der Waals surface area (Å²) < 4.78 is 7.89. The van der Waals surface area contributed by atoms with Crippen molar-refractivity contribution in [3.63, 3.8) is 0 Å². The van der Waals surface area contributed by atoms with E-state index in [1.54, 1.807) is 10.6 Å². The number of thiophene rings is 1. The predicted molar refractivity (Wildman–Crippen MR) is 89.6 cm³/mol. The number of hydrogen-bond donors (Lipinski definition) is 0. The van der Waals surface area contributed by atoms with E-state index >= 15 is 0 Å². The number of thioether (sulfide) groups is 1. The lowest BCUT2D eigenvalue weighted by atomic mass is 10.4. The third-order valence-electron chi connectivity index (χ3n) is 3.24. The first-order chi connectivity index (χ1) is 10.6. The van der Waals surface area contributed by atoms with Crippen molar-refractivity contribution in [3.8, 4) is 0 Å². The minimum atomic E-state index is -0.0258. The van der Waals surface area contributed by atoms with Gasteiger partial charge in [-0.2, -0.15) is 0 Å². The van der Waals surface area contributed by atoms with Crippen LogP contribution in [0.5, 0.6) is 0 Å². The van der Waals surface area contributed by atoms with Gasteiger partial charge in [-0.3, -0.25) is 9.36 Å². The Kier molecular flexibility index (Phi) is 4.17. The zero-order valence-corrected chi connectivity index (χ0v) is 14.0. The van der Waals surface area contributed by atoms with Gasteiger partial charge in [-0.25, -0.2) is 9.97 Å². The van der Waals surface area contributed by atoms with Crippen LogP contribution in [0.3, 0.4) is 0 Å². The maximum Gasteiger partial charge on any atom is 0.272 e. The van der Waals surface area contributed by atoms with E-state index in [1.807, 2.05) is 25.3 Å². The van der Waals surface area contributed by atoms with Crippen molar-refractivity contribution >= 4 is 33.3 Å². The second-order valence-electron chi connectivity index (χ2n) is 4.77. The van der Waals surface area contributed by atoms with E-state index in [9.17, 15) is 4.79 Å². The molecule has 0 radical (unpaired) electrons. The molecule has 3 rings (SSSR count). The van der Waals surface area contributed by atoms with Gasteiger partial charge < -0.3 is 4.42 Å². The summed E-state index contributed by atoms with van der Waals surface area (Å²) in [6.45, 7) is 7.95. The number of fused-ring (bicyclic) bond motifs is 1. The van der Waals surface area contributed by atoms with Gasteiger partial charge in [0.15, 0.2) is 5.16 Å². The second kappa shape index (κ2) is 6.10. The molecule has 0 saturated carbocycles. The first kappa shape index (κ1) is 15.1. The summed E-state index contributed by atoms with van der Waals surface area (Å²) in [7, 11) is 0. The van der Waals surface area contributed by atoms with Crippen molar-refractivity contribution in [1.82, 2.24) is 14.5 Å². The van der Waals surface area contributed by atoms with Crippen LogP contribution in [0, 0.1) is 13.8 Å². The molecule has 0 atom stereocenters. The maximum absolute atomic E-state index is 12.5. The summed E-state index contributed by atoms with van der Waals surface area (Å²) in [5.41, 5.74) is 1.60. The number of allylic oxidation sites excluding steroid dienone is 1. The molecule has 3 aromatic heterocycles. The third kappa shape index (κ3) is 2.74. The van der Waals surface area contributed by atoms with Crippen LogP contribution in [0.1, 0.15) is 17.3 Å². The van der Waals surface area contributed by atoms with Crippen LogP contribution in [0.15, 0.2) is 38.5 Å². The summed E-state index contributed by atoms with van der Waals surface area (Å²) in [6, 6.07) is 1.86. The van der Waals surface area contributed by atoms with Crippen LogP contribution in [0.25, 0.3) is 10.2 Å². The Bertz CT molecular complexity index is 872. The molecular formula is C15H15N3O2S2. The number of oxazole rings is 1. The number of nitrogens with zero attached hydrogens (tertiary/aromatic N) is 3. The third-order valence-corrected chi connectivity index (χ3v) is 5.09. The molecule has 0 N–H and O–H groups in total. The fourth-order valence-corrected chi connectivity index (χ4v) is 3.68. The molecule has 0 amide bonds. The normalized spacial score (nSPS) is 11.2. The summed E-state index contributed by atoms with van der Waals surface area (Å²) >= 11 is 2.86. The van der Waals surface area contributed by atoms with Crippen LogP contribution >= 0.6 is 23.1 Å². The van der Waals surface area contributed by atoms with E-state index < -0.39 is 0 Å². The van der Waals surface area contributed by atoms with Crippen LogP contribution < -0.4 is 5.56 Å². The summed E-state index contributed by atoms with van der Waals surface area (Å²) in [6.07, 6.45) is 1.70. The highest BCUT2D eigenvalue weighted by Gasteiger charge is 2.13. The van der Waals surface area contributed by atoms with Crippen LogP contribution in [-0.4, -0.2) is 14.5 Å². The van der Waals surface area contributed by atoms with Gasteiger partial charge in [-0.15, -0.1) is 17.9 Å². The zero-order valence-electron chi connectivity index (χ0n) is 12.3. The minimum Gasteiger partial charge on any atom is -0.445 e. The molecule has 3 heterocycles. The standard InChI is InChI=1S/C15H15N3O2S2/c1-4-6-18-14(19)13-11(5-7-21-13)17-15(18)22-8-12-16-9(2)10(3)20-12/h4-5,7H,1,6,8H2,2-3H3. The Morgan fingerprint density at radius 2 is 2.27 bits per heavy atom. The second-order valence-corrected chi connectivity index (χ2v) is 6.63. The topological polar surface area (TPSA) is 60.9 Å². The van der Waals surface area contributed by atoms with Crippen molar-refractivity contribution in [2.24, 2.45) is 0 Å². The molecule has 0 bridgehead atoms. The zero-order chi connectivity index (χ0) is 15.7. The van der Waals surface area contributed by atoms with Crippen molar-refractivity contribution in [2.45, 2.75) is 31.3 Å². The molecule has 0 unspecified atom stereocenters. The van der Waals surface area contributed by atoms with Gasteiger partial charge in [-0.1, -0.05) is 17.8 Å². The first-order valence-corrected chi connectivity index (χ1v) is 8.61. The number of hydrogen-bond acceptors (Lipinski definition) is 6. The Morgan fingerprint density at radius 3 is 2.95 bits per heavy atom. The Balaban J connectivity index is 1.96. The lowest BCUT2D eigenvalue weighted by Crippen LogP contribution is -2.21. The SMILES string of the molecule is C=CCn1c(SCc2nc(C)c(C)o2)nc2ccsc2c1=O. The highest BCUT2D eigenvalue weighted by molar-refractivity contribution is 7.98. The molecule has 0 aliphatic rings. The molecule has 0 spiro atoms. The van der Waals surface area contributed by atoms with Crippen LogP contribution in [0.2, 0.25) is 0 Å². The van der Waals surface area contributed by atoms with E-state index in [0.717, 1.165) is 17.0 Å². The molecule has 0 aromatic carbocycles. The van der Waals surface area contributed by atoms with Crippen molar-refractivity contribution in [2.75, 3.05) is 0 Å². The Hall–Kier alpha value is -1.86. The van der Waals surface area contributed by atoms with Gasteiger partial charge in [0.1, 0.15) is 10.5 Å². The van der Waals surface area contributed by atoms with Crippen molar-refractivity contribution in [3.05, 3.63) is 51.8 Å². The van der Waals surface area contributed by atoms with Gasteiger partial charge in [0.2, 0.25) is 5.89 Å². The summed E-state index contributed by atoms with van der Waals surface area (Å²) in [4.78, 5) is 21.4. The van der Waals surface area contributed by atoms with Gasteiger partial charge in [-0.05, 0) is 25.3 Å². The molecule has 0 fully saturated rings. The van der Waals surface area contributed by atoms with E-state index in [4.69, 9.17) is 4.42 Å². The van der Waals surface area contributed by atoms with Crippen molar-refractivity contribution in [1.29, 1.82) is 0 Å². The first-order valence-electron chi connectivity index (χ1n) is 6.74. The van der Waals surface area contributed by atoms with Crippen LogP contribution in [-0.2, 0) is 12.3 Å². The highest BCUT2D eigenvalue weighted by atomic mass is 32.2.